The molecule has 2 heterocycles. The average molecular weight is 255 g/mol. The Hall–Kier alpha value is -2.06. The van der Waals surface area contributed by atoms with Crippen LogP contribution >= 0.6 is 0 Å². The van der Waals surface area contributed by atoms with Gasteiger partial charge in [0.15, 0.2) is 0 Å². The molecule has 0 spiro atoms. The number of anilines is 1. The number of hydrogen-bond acceptors (Lipinski definition) is 4. The number of aromatic amines is 1. The van der Waals surface area contributed by atoms with E-state index in [1.54, 1.807) is 6.07 Å². The molecular weight excluding hydrogens is 238 g/mol. The number of aromatic nitrogens is 2. The van der Waals surface area contributed by atoms with Crippen molar-refractivity contribution >= 4 is 17.0 Å². The van der Waals surface area contributed by atoms with Crippen LogP contribution in [0.25, 0.3) is 11.0 Å². The molecule has 2 aromatic rings. The maximum Gasteiger partial charge on any atom is 0.201 e. The summed E-state index contributed by atoms with van der Waals surface area (Å²) in [6.45, 7) is 4.34. The summed E-state index contributed by atoms with van der Waals surface area (Å²) in [4.78, 5) is 10.1. The third kappa shape index (κ3) is 2.54. The van der Waals surface area contributed by atoms with E-state index in [1.165, 1.54) is 25.9 Å². The Morgan fingerprint density at radius 1 is 1.37 bits per heavy atom. The largest absolute Gasteiger partial charge is 0.355 e. The van der Waals surface area contributed by atoms with Crippen LogP contribution in [-0.2, 0) is 0 Å². The van der Waals surface area contributed by atoms with Crippen molar-refractivity contribution in [2.45, 2.75) is 12.8 Å². The Morgan fingerprint density at radius 3 is 3.00 bits per heavy atom. The number of rotatable bonds is 4. The first-order chi connectivity index (χ1) is 9.36. The van der Waals surface area contributed by atoms with E-state index >= 15 is 0 Å². The summed E-state index contributed by atoms with van der Waals surface area (Å²) in [7, 11) is 0. The normalized spacial score (nSPS) is 15.7. The van der Waals surface area contributed by atoms with Gasteiger partial charge < -0.3 is 15.2 Å². The molecule has 0 aliphatic carbocycles. The second kappa shape index (κ2) is 5.29. The van der Waals surface area contributed by atoms with Gasteiger partial charge in [-0.25, -0.2) is 4.98 Å². The quantitative estimate of drug-likeness (QED) is 0.876. The zero-order chi connectivity index (χ0) is 13.1. The van der Waals surface area contributed by atoms with Crippen LogP contribution in [0.1, 0.15) is 18.4 Å². The van der Waals surface area contributed by atoms with Crippen molar-refractivity contribution in [3.8, 4) is 6.07 Å². The van der Waals surface area contributed by atoms with Gasteiger partial charge in [-0.2, -0.15) is 5.26 Å². The lowest BCUT2D eigenvalue weighted by molar-refractivity contribution is 0.352. The second-order valence-corrected chi connectivity index (χ2v) is 4.87. The maximum absolute atomic E-state index is 9.03. The van der Waals surface area contributed by atoms with Gasteiger partial charge in [0, 0.05) is 13.1 Å². The molecule has 1 aliphatic rings. The molecule has 0 unspecified atom stereocenters. The predicted molar refractivity (Wildman–Crippen MR) is 75.0 cm³/mol. The number of hydrogen-bond donors (Lipinski definition) is 2. The summed E-state index contributed by atoms with van der Waals surface area (Å²) in [5, 5.41) is 12.3. The molecule has 5 nitrogen and oxygen atoms in total. The molecule has 0 radical (unpaired) electrons. The minimum atomic E-state index is 0.612. The molecular formula is C14H17N5. The molecule has 1 aliphatic heterocycles. The summed E-state index contributed by atoms with van der Waals surface area (Å²) < 4.78 is 0. The number of benzene rings is 1. The molecule has 0 bridgehead atoms. The van der Waals surface area contributed by atoms with Gasteiger partial charge in [-0.15, -0.1) is 0 Å². The Morgan fingerprint density at radius 2 is 2.21 bits per heavy atom. The van der Waals surface area contributed by atoms with Crippen molar-refractivity contribution in [2.75, 3.05) is 31.5 Å². The van der Waals surface area contributed by atoms with E-state index in [-0.39, 0.29) is 0 Å². The van der Waals surface area contributed by atoms with Crippen LogP contribution in [0, 0.1) is 11.3 Å². The summed E-state index contributed by atoms with van der Waals surface area (Å²) in [6.07, 6.45) is 2.63. The molecule has 0 amide bonds. The van der Waals surface area contributed by atoms with E-state index in [0.717, 1.165) is 30.1 Å². The highest BCUT2D eigenvalue weighted by Crippen LogP contribution is 2.17. The molecule has 1 saturated heterocycles. The predicted octanol–water partition coefficient (Wildman–Crippen LogP) is 1.94. The minimum Gasteiger partial charge on any atom is -0.355 e. The average Bonchev–Trinajstić information content (AvgIpc) is 3.06. The summed E-state index contributed by atoms with van der Waals surface area (Å²) in [5.74, 6) is 0.747. The van der Waals surface area contributed by atoms with Gasteiger partial charge in [-0.05, 0) is 38.1 Å². The molecule has 1 aromatic carbocycles. The fraction of sp³-hybridized carbons (Fsp3) is 0.429. The third-order valence-corrected chi connectivity index (χ3v) is 3.55. The molecule has 0 atom stereocenters. The number of nitrogens with one attached hydrogen (secondary N) is 2. The monoisotopic (exact) mass is 255 g/mol. The molecule has 98 valence electrons. The lowest BCUT2D eigenvalue weighted by Gasteiger charge is -2.14. The maximum atomic E-state index is 9.03. The van der Waals surface area contributed by atoms with Gasteiger partial charge in [-0.1, -0.05) is 6.07 Å². The summed E-state index contributed by atoms with van der Waals surface area (Å²) in [5.41, 5.74) is 2.26. The molecule has 2 N–H and O–H groups in total. The smallest absolute Gasteiger partial charge is 0.201 e. The van der Waals surface area contributed by atoms with Crippen LogP contribution in [0.5, 0.6) is 0 Å². The van der Waals surface area contributed by atoms with Crippen LogP contribution in [0.3, 0.4) is 0 Å². The Kier molecular flexibility index (Phi) is 3.34. The zero-order valence-corrected chi connectivity index (χ0v) is 10.8. The fourth-order valence-corrected chi connectivity index (χ4v) is 2.54. The van der Waals surface area contributed by atoms with Crippen molar-refractivity contribution in [2.24, 2.45) is 0 Å². The first kappa shape index (κ1) is 12.0. The topological polar surface area (TPSA) is 67.7 Å². The van der Waals surface area contributed by atoms with Crippen molar-refractivity contribution in [1.82, 2.24) is 14.9 Å². The highest BCUT2D eigenvalue weighted by molar-refractivity contribution is 5.83. The summed E-state index contributed by atoms with van der Waals surface area (Å²) >= 11 is 0. The van der Waals surface area contributed by atoms with Gasteiger partial charge in [0.05, 0.1) is 11.1 Å². The minimum absolute atomic E-state index is 0.612. The Balaban J connectivity index is 1.66. The van der Waals surface area contributed by atoms with Crippen LogP contribution < -0.4 is 5.32 Å². The Bertz CT molecular complexity index is 604. The second-order valence-electron chi connectivity index (χ2n) is 4.87. The van der Waals surface area contributed by atoms with E-state index in [2.05, 4.69) is 26.3 Å². The van der Waals surface area contributed by atoms with Gasteiger partial charge in [0.2, 0.25) is 5.95 Å². The van der Waals surface area contributed by atoms with Crippen LogP contribution in [0.15, 0.2) is 18.2 Å². The van der Waals surface area contributed by atoms with Crippen molar-refractivity contribution in [3.63, 3.8) is 0 Å². The van der Waals surface area contributed by atoms with Crippen LogP contribution in [0.2, 0.25) is 0 Å². The molecule has 1 fully saturated rings. The summed E-state index contributed by atoms with van der Waals surface area (Å²) in [6, 6.07) is 7.76. The molecule has 0 saturated carbocycles. The molecule has 1 aromatic heterocycles. The van der Waals surface area contributed by atoms with Crippen LogP contribution in [-0.4, -0.2) is 41.0 Å². The van der Waals surface area contributed by atoms with E-state index in [1.807, 2.05) is 12.1 Å². The van der Waals surface area contributed by atoms with Crippen molar-refractivity contribution < 1.29 is 0 Å². The van der Waals surface area contributed by atoms with E-state index in [4.69, 9.17) is 5.26 Å². The molecule has 19 heavy (non-hydrogen) atoms. The third-order valence-electron chi connectivity index (χ3n) is 3.55. The number of likely N-dealkylation sites (tertiary alicyclic amines) is 1. The fourth-order valence-electron chi connectivity index (χ4n) is 2.54. The van der Waals surface area contributed by atoms with Gasteiger partial charge in [-0.3, -0.25) is 0 Å². The number of imidazole rings is 1. The number of nitrogens with zero attached hydrogens (tertiary/aromatic N) is 3. The zero-order valence-electron chi connectivity index (χ0n) is 10.8. The van der Waals surface area contributed by atoms with Gasteiger partial charge in [0.1, 0.15) is 11.6 Å². The lowest BCUT2D eigenvalue weighted by Crippen LogP contribution is -2.26. The standard InChI is InChI=1S/C14H17N5/c15-10-11-4-3-5-12-13(11)18-14(17-12)16-6-9-19-7-1-2-8-19/h3-5H,1-2,6-9H2,(H2,16,17,18). The highest BCUT2D eigenvalue weighted by Gasteiger charge is 2.11. The molecule has 3 rings (SSSR count). The lowest BCUT2D eigenvalue weighted by atomic mass is 10.2. The molecule has 5 heteroatoms. The number of nitriles is 1. The van der Waals surface area contributed by atoms with Crippen molar-refractivity contribution in [3.05, 3.63) is 23.8 Å². The van der Waals surface area contributed by atoms with E-state index < -0.39 is 0 Å². The number of H-pyrrole nitrogens is 1. The SMILES string of the molecule is N#Cc1cccc2[nH]c(NCCN3CCCC3)nc12. The van der Waals surface area contributed by atoms with Crippen molar-refractivity contribution in [1.29, 1.82) is 5.26 Å². The van der Waals surface area contributed by atoms with E-state index in [0.29, 0.717) is 5.56 Å². The first-order valence-corrected chi connectivity index (χ1v) is 6.72. The first-order valence-electron chi connectivity index (χ1n) is 6.72. The van der Waals surface area contributed by atoms with Gasteiger partial charge in [0.25, 0.3) is 0 Å². The highest BCUT2D eigenvalue weighted by atomic mass is 15.2. The van der Waals surface area contributed by atoms with Gasteiger partial charge >= 0.3 is 0 Å². The van der Waals surface area contributed by atoms with E-state index in [9.17, 15) is 0 Å². The van der Waals surface area contributed by atoms with Crippen LogP contribution in [0.4, 0.5) is 5.95 Å². The number of fused-ring (bicyclic) bond motifs is 1. The Labute approximate surface area is 112 Å². The number of para-hydroxylation sites is 1.